The molecule has 0 unspecified atom stereocenters. The van der Waals surface area contributed by atoms with Crippen LogP contribution in [-0.4, -0.2) is 19.9 Å². The molecule has 0 fully saturated rings. The highest BCUT2D eigenvalue weighted by Crippen LogP contribution is 2.23. The summed E-state index contributed by atoms with van der Waals surface area (Å²) in [5.74, 6) is 0.263. The lowest BCUT2D eigenvalue weighted by Gasteiger charge is -2.11. The van der Waals surface area contributed by atoms with Gasteiger partial charge in [-0.25, -0.2) is 4.98 Å². The maximum Gasteiger partial charge on any atom is 0.273 e. The lowest BCUT2D eigenvalue weighted by atomic mass is 10.1. The van der Waals surface area contributed by atoms with E-state index >= 15 is 0 Å². The number of aromatic nitrogens is 3. The average Bonchev–Trinajstić information content (AvgIpc) is 3.00. The van der Waals surface area contributed by atoms with Crippen LogP contribution in [0.5, 0.6) is 0 Å². The molecule has 2 heterocycles. The van der Waals surface area contributed by atoms with Gasteiger partial charge in [0.1, 0.15) is 4.70 Å². The third-order valence-corrected chi connectivity index (χ3v) is 6.48. The molecule has 0 N–H and O–H groups in total. The van der Waals surface area contributed by atoms with E-state index in [1.54, 1.807) is 4.57 Å². The van der Waals surface area contributed by atoms with Crippen LogP contribution in [0.3, 0.4) is 0 Å². The summed E-state index contributed by atoms with van der Waals surface area (Å²) in [6, 6.07) is 12.3. The number of hydrogen-bond acceptors (Lipinski definition) is 6. The van der Waals surface area contributed by atoms with Crippen LogP contribution in [0, 0.1) is 15.3 Å². The second-order valence-corrected chi connectivity index (χ2v) is 8.65. The number of thiazole rings is 1. The summed E-state index contributed by atoms with van der Waals surface area (Å²) in [7, 11) is 0. The Morgan fingerprint density at radius 1 is 1.26 bits per heavy atom. The summed E-state index contributed by atoms with van der Waals surface area (Å²) in [5, 5.41) is 9.54. The van der Waals surface area contributed by atoms with E-state index in [0.717, 1.165) is 19.3 Å². The van der Waals surface area contributed by atoms with E-state index in [4.69, 9.17) is 22.5 Å². The molecule has 8 heteroatoms. The van der Waals surface area contributed by atoms with Gasteiger partial charge in [-0.1, -0.05) is 66.8 Å². The Bertz CT molecular complexity index is 1080. The zero-order valence-corrected chi connectivity index (χ0v) is 17.5. The minimum atomic E-state index is -0.0524. The van der Waals surface area contributed by atoms with Gasteiger partial charge < -0.3 is 4.57 Å². The van der Waals surface area contributed by atoms with Gasteiger partial charge in [0.05, 0.1) is 11.8 Å². The number of nitriles is 1. The van der Waals surface area contributed by atoms with Gasteiger partial charge in [0.2, 0.25) is 0 Å². The Labute approximate surface area is 171 Å². The van der Waals surface area contributed by atoms with Gasteiger partial charge in [-0.15, -0.1) is 0 Å². The quantitative estimate of drug-likeness (QED) is 0.304. The molecule has 1 aromatic carbocycles. The van der Waals surface area contributed by atoms with Gasteiger partial charge in [0, 0.05) is 13.1 Å². The molecular formula is C19H20N4OS3. The topological polar surface area (TPSA) is 63.6 Å². The van der Waals surface area contributed by atoms with E-state index in [9.17, 15) is 4.79 Å². The number of aryl methyl sites for hydroxylation is 2. The Morgan fingerprint density at radius 3 is 2.74 bits per heavy atom. The van der Waals surface area contributed by atoms with Crippen LogP contribution < -0.4 is 5.56 Å². The second kappa shape index (κ2) is 9.31. The number of nitrogens with zero attached hydrogens (tertiary/aromatic N) is 4. The maximum atomic E-state index is 13.0. The summed E-state index contributed by atoms with van der Waals surface area (Å²) >= 11 is 8.16. The van der Waals surface area contributed by atoms with Crippen LogP contribution in [-0.2, 0) is 19.5 Å². The van der Waals surface area contributed by atoms with Crippen molar-refractivity contribution < 1.29 is 0 Å². The predicted molar refractivity (Wildman–Crippen MR) is 114 cm³/mol. The predicted octanol–water partition coefficient (Wildman–Crippen LogP) is 4.65. The van der Waals surface area contributed by atoms with Crippen molar-refractivity contribution in [2.75, 3.05) is 5.75 Å². The van der Waals surface area contributed by atoms with Gasteiger partial charge in [-0.05, 0) is 30.6 Å². The van der Waals surface area contributed by atoms with Crippen molar-refractivity contribution in [1.82, 2.24) is 14.1 Å². The number of fused-ring (bicyclic) bond motifs is 1. The SMILES string of the molecule is CCCCn1c(SCC#N)nc2c(sc(=S)n2CCc2ccccc2)c1=O. The fourth-order valence-electron chi connectivity index (χ4n) is 2.81. The van der Waals surface area contributed by atoms with Gasteiger partial charge in [0.15, 0.2) is 14.8 Å². The maximum absolute atomic E-state index is 13.0. The third-order valence-electron chi connectivity index (χ3n) is 4.21. The highest BCUT2D eigenvalue weighted by atomic mass is 32.2. The summed E-state index contributed by atoms with van der Waals surface area (Å²) < 4.78 is 4.91. The van der Waals surface area contributed by atoms with E-state index in [2.05, 4.69) is 25.1 Å². The molecule has 0 aliphatic rings. The van der Waals surface area contributed by atoms with Gasteiger partial charge in [-0.3, -0.25) is 9.36 Å². The van der Waals surface area contributed by atoms with Crippen molar-refractivity contribution in [3.05, 3.63) is 50.2 Å². The van der Waals surface area contributed by atoms with E-state index in [1.807, 2.05) is 22.8 Å². The fourth-order valence-corrected chi connectivity index (χ4v) is 4.82. The molecule has 5 nitrogen and oxygen atoms in total. The molecule has 0 saturated heterocycles. The van der Waals surface area contributed by atoms with Gasteiger partial charge >= 0.3 is 0 Å². The molecule has 3 rings (SSSR count). The molecule has 2 aromatic heterocycles. The molecular weight excluding hydrogens is 396 g/mol. The first kappa shape index (κ1) is 19.8. The van der Waals surface area contributed by atoms with E-state index in [-0.39, 0.29) is 11.3 Å². The van der Waals surface area contributed by atoms with Crippen molar-refractivity contribution in [3.63, 3.8) is 0 Å². The molecule has 0 saturated carbocycles. The van der Waals surface area contributed by atoms with Crippen LogP contribution in [0.25, 0.3) is 10.3 Å². The van der Waals surface area contributed by atoms with Crippen molar-refractivity contribution >= 4 is 45.7 Å². The first-order chi connectivity index (χ1) is 13.2. The molecule has 0 atom stereocenters. The molecule has 27 heavy (non-hydrogen) atoms. The highest BCUT2D eigenvalue weighted by molar-refractivity contribution is 7.99. The summed E-state index contributed by atoms with van der Waals surface area (Å²) in [5.41, 5.74) is 1.80. The van der Waals surface area contributed by atoms with Crippen LogP contribution in [0.4, 0.5) is 0 Å². The van der Waals surface area contributed by atoms with Crippen LogP contribution in [0.2, 0.25) is 0 Å². The number of thioether (sulfide) groups is 1. The van der Waals surface area contributed by atoms with Crippen LogP contribution >= 0.6 is 35.3 Å². The third kappa shape index (κ3) is 4.49. The molecule has 0 aliphatic heterocycles. The lowest BCUT2D eigenvalue weighted by molar-refractivity contribution is 0.555. The Hall–Kier alpha value is -1.95. The number of rotatable bonds is 8. The minimum absolute atomic E-state index is 0.0524. The molecule has 0 bridgehead atoms. The molecule has 0 radical (unpaired) electrons. The summed E-state index contributed by atoms with van der Waals surface area (Å²) in [6.45, 7) is 3.38. The monoisotopic (exact) mass is 416 g/mol. The highest BCUT2D eigenvalue weighted by Gasteiger charge is 2.16. The van der Waals surface area contributed by atoms with Gasteiger partial charge in [-0.2, -0.15) is 5.26 Å². The Kier molecular flexibility index (Phi) is 6.83. The molecule has 0 amide bonds. The van der Waals surface area contributed by atoms with Crippen LogP contribution in [0.15, 0.2) is 40.3 Å². The van der Waals surface area contributed by atoms with E-state index in [0.29, 0.717) is 32.5 Å². The normalized spacial score (nSPS) is 11.0. The lowest BCUT2D eigenvalue weighted by Crippen LogP contribution is -2.23. The first-order valence-electron chi connectivity index (χ1n) is 8.83. The van der Waals surface area contributed by atoms with Gasteiger partial charge in [0.25, 0.3) is 5.56 Å². The Morgan fingerprint density at radius 2 is 2.04 bits per heavy atom. The zero-order valence-electron chi connectivity index (χ0n) is 15.1. The van der Waals surface area contributed by atoms with Crippen molar-refractivity contribution in [2.24, 2.45) is 0 Å². The number of hydrogen-bond donors (Lipinski definition) is 0. The fraction of sp³-hybridized carbons (Fsp3) is 0.368. The summed E-state index contributed by atoms with van der Waals surface area (Å²) in [4.78, 5) is 17.8. The Balaban J connectivity index is 2.04. The molecule has 140 valence electrons. The molecule has 3 aromatic rings. The van der Waals surface area contributed by atoms with Crippen molar-refractivity contribution in [2.45, 2.75) is 44.4 Å². The largest absolute Gasteiger partial charge is 0.307 e. The molecule has 0 aliphatic carbocycles. The minimum Gasteiger partial charge on any atom is -0.307 e. The smallest absolute Gasteiger partial charge is 0.273 e. The molecule has 0 spiro atoms. The zero-order chi connectivity index (χ0) is 19.2. The van der Waals surface area contributed by atoms with Crippen molar-refractivity contribution in [3.8, 4) is 6.07 Å². The summed E-state index contributed by atoms with van der Waals surface area (Å²) in [6.07, 6.45) is 2.70. The first-order valence-corrected chi connectivity index (χ1v) is 11.0. The average molecular weight is 417 g/mol. The number of benzene rings is 1. The standard InChI is InChI=1S/C19H20N4OS3/c1-2-3-11-23-17(24)15-16(21-18(23)26-13-10-20)22(19(25)27-15)12-9-14-7-5-4-6-8-14/h4-8H,2-3,9,11-13H2,1H3. The van der Waals surface area contributed by atoms with E-state index < -0.39 is 0 Å². The number of unbranched alkanes of at least 4 members (excludes halogenated alkanes) is 1. The van der Waals surface area contributed by atoms with Crippen molar-refractivity contribution in [1.29, 1.82) is 5.26 Å². The second-order valence-electron chi connectivity index (χ2n) is 6.06. The van der Waals surface area contributed by atoms with Crippen LogP contribution in [0.1, 0.15) is 25.3 Å². The van der Waals surface area contributed by atoms with E-state index in [1.165, 1.54) is 28.7 Å².